The molecule has 38 heavy (non-hydrogen) atoms. The van der Waals surface area contributed by atoms with Crippen LogP contribution in [-0.2, 0) is 17.8 Å². The third-order valence-electron chi connectivity index (χ3n) is 6.04. The fraction of sp³-hybridized carbons (Fsp3) is 0.188. The Morgan fingerprint density at radius 1 is 0.789 bits per heavy atom. The molecule has 0 aliphatic heterocycles. The first-order valence-electron chi connectivity index (χ1n) is 12.8. The van der Waals surface area contributed by atoms with E-state index in [0.717, 1.165) is 18.4 Å². The van der Waals surface area contributed by atoms with Gasteiger partial charge in [0.25, 0.3) is 5.91 Å². The highest BCUT2D eigenvalue weighted by atomic mass is 16.5. The predicted octanol–water partition coefficient (Wildman–Crippen LogP) is 6.02. The van der Waals surface area contributed by atoms with Gasteiger partial charge < -0.3 is 20.3 Å². The molecule has 4 rings (SSSR count). The van der Waals surface area contributed by atoms with E-state index in [-0.39, 0.29) is 18.4 Å². The lowest BCUT2D eigenvalue weighted by Gasteiger charge is -2.18. The minimum absolute atomic E-state index is 0.0554. The van der Waals surface area contributed by atoms with Gasteiger partial charge in [0.1, 0.15) is 5.75 Å². The number of nitrogens with zero attached hydrogens (tertiary/aromatic N) is 1. The topological polar surface area (TPSA) is 70.7 Å². The number of amides is 2. The summed E-state index contributed by atoms with van der Waals surface area (Å²) in [5, 5.41) is 6.04. The lowest BCUT2D eigenvalue weighted by molar-refractivity contribution is -0.114. The summed E-state index contributed by atoms with van der Waals surface area (Å²) in [6, 6.07) is 34.8. The van der Waals surface area contributed by atoms with Gasteiger partial charge in [0.05, 0.1) is 18.8 Å². The molecule has 0 aliphatic carbocycles. The van der Waals surface area contributed by atoms with Crippen LogP contribution >= 0.6 is 0 Å². The summed E-state index contributed by atoms with van der Waals surface area (Å²) in [5.41, 5.74) is 4.23. The SMILES string of the molecule is CN(Cc1ccccc1)C(=O)c1cccc(NCC(=O)Nc2ccccc2OCCCc2ccccc2)c1. The number of anilines is 2. The van der Waals surface area contributed by atoms with E-state index in [4.69, 9.17) is 4.74 Å². The molecule has 0 unspecified atom stereocenters. The lowest BCUT2D eigenvalue weighted by atomic mass is 10.1. The quantitative estimate of drug-likeness (QED) is 0.230. The summed E-state index contributed by atoms with van der Waals surface area (Å²) in [6.45, 7) is 1.13. The van der Waals surface area contributed by atoms with Gasteiger partial charge >= 0.3 is 0 Å². The van der Waals surface area contributed by atoms with Crippen molar-refractivity contribution in [3.05, 3.63) is 126 Å². The van der Waals surface area contributed by atoms with E-state index in [1.54, 1.807) is 24.1 Å². The molecule has 2 amide bonds. The molecule has 0 fully saturated rings. The predicted molar refractivity (Wildman–Crippen MR) is 153 cm³/mol. The number of rotatable bonds is 12. The Balaban J connectivity index is 1.27. The van der Waals surface area contributed by atoms with Crippen molar-refractivity contribution in [3.8, 4) is 5.75 Å². The maximum Gasteiger partial charge on any atom is 0.253 e. The monoisotopic (exact) mass is 507 g/mol. The summed E-state index contributed by atoms with van der Waals surface area (Å²) in [6.07, 6.45) is 1.81. The van der Waals surface area contributed by atoms with Crippen molar-refractivity contribution in [2.75, 3.05) is 30.8 Å². The first-order chi connectivity index (χ1) is 18.6. The Bertz CT molecular complexity index is 1330. The Hall–Kier alpha value is -4.58. The largest absolute Gasteiger partial charge is 0.491 e. The van der Waals surface area contributed by atoms with E-state index < -0.39 is 0 Å². The number of benzene rings is 4. The Labute approximate surface area is 224 Å². The van der Waals surface area contributed by atoms with Crippen LogP contribution in [-0.4, -0.2) is 36.9 Å². The summed E-state index contributed by atoms with van der Waals surface area (Å²) in [5.74, 6) is 0.353. The molecule has 0 aliphatic rings. The molecule has 6 nitrogen and oxygen atoms in total. The van der Waals surface area contributed by atoms with Crippen molar-refractivity contribution < 1.29 is 14.3 Å². The number of aryl methyl sites for hydroxylation is 1. The van der Waals surface area contributed by atoms with Crippen LogP contribution in [0.3, 0.4) is 0 Å². The van der Waals surface area contributed by atoms with Crippen molar-refractivity contribution in [2.24, 2.45) is 0 Å². The van der Waals surface area contributed by atoms with Gasteiger partial charge in [-0.25, -0.2) is 0 Å². The van der Waals surface area contributed by atoms with E-state index in [0.29, 0.717) is 35.8 Å². The molecule has 4 aromatic carbocycles. The first kappa shape index (κ1) is 26.5. The van der Waals surface area contributed by atoms with Crippen molar-refractivity contribution in [3.63, 3.8) is 0 Å². The third-order valence-corrected chi connectivity index (χ3v) is 6.04. The van der Waals surface area contributed by atoms with Gasteiger partial charge in [-0.1, -0.05) is 78.9 Å². The van der Waals surface area contributed by atoms with E-state index in [2.05, 4.69) is 22.8 Å². The van der Waals surface area contributed by atoms with Gasteiger partial charge in [-0.3, -0.25) is 9.59 Å². The number of hydrogen-bond donors (Lipinski definition) is 2. The lowest BCUT2D eigenvalue weighted by Crippen LogP contribution is -2.26. The Kier molecular flexibility index (Phi) is 9.51. The molecule has 0 saturated heterocycles. The van der Waals surface area contributed by atoms with Crippen molar-refractivity contribution >= 4 is 23.2 Å². The van der Waals surface area contributed by atoms with Gasteiger partial charge in [0, 0.05) is 24.8 Å². The standard InChI is InChI=1S/C32H33N3O3/c1-35(24-26-14-6-3-7-15-26)32(37)27-17-10-18-28(22-27)33-23-31(36)34-29-19-8-9-20-30(29)38-21-11-16-25-12-4-2-5-13-25/h2-10,12-15,17-20,22,33H,11,16,21,23-24H2,1H3,(H,34,36). The van der Waals surface area contributed by atoms with Gasteiger partial charge in [0.15, 0.2) is 0 Å². The maximum atomic E-state index is 12.9. The van der Waals surface area contributed by atoms with Crippen LogP contribution in [0, 0.1) is 0 Å². The summed E-state index contributed by atoms with van der Waals surface area (Å²) >= 11 is 0. The van der Waals surface area contributed by atoms with Gasteiger partial charge in [0.2, 0.25) is 5.91 Å². The van der Waals surface area contributed by atoms with Crippen LogP contribution in [0.15, 0.2) is 109 Å². The molecule has 0 spiro atoms. The Morgan fingerprint density at radius 3 is 2.24 bits per heavy atom. The van der Waals surface area contributed by atoms with E-state index in [1.165, 1.54) is 5.56 Å². The fourth-order valence-electron chi connectivity index (χ4n) is 4.09. The minimum atomic E-state index is -0.205. The van der Waals surface area contributed by atoms with Crippen LogP contribution in [0.4, 0.5) is 11.4 Å². The Morgan fingerprint density at radius 2 is 1.47 bits per heavy atom. The number of nitrogens with one attached hydrogen (secondary N) is 2. The van der Waals surface area contributed by atoms with E-state index in [1.807, 2.05) is 84.9 Å². The highest BCUT2D eigenvalue weighted by Gasteiger charge is 2.13. The molecule has 0 bridgehead atoms. The number of para-hydroxylation sites is 2. The second kappa shape index (κ2) is 13.7. The fourth-order valence-corrected chi connectivity index (χ4v) is 4.09. The van der Waals surface area contributed by atoms with Crippen LogP contribution in [0.25, 0.3) is 0 Å². The second-order valence-electron chi connectivity index (χ2n) is 9.06. The van der Waals surface area contributed by atoms with Gasteiger partial charge in [-0.05, 0) is 54.3 Å². The zero-order valence-electron chi connectivity index (χ0n) is 21.6. The zero-order chi connectivity index (χ0) is 26.6. The molecule has 4 aromatic rings. The molecule has 194 valence electrons. The normalized spacial score (nSPS) is 10.4. The smallest absolute Gasteiger partial charge is 0.253 e. The molecule has 2 N–H and O–H groups in total. The summed E-state index contributed by atoms with van der Waals surface area (Å²) in [4.78, 5) is 27.3. The summed E-state index contributed by atoms with van der Waals surface area (Å²) < 4.78 is 5.95. The van der Waals surface area contributed by atoms with Gasteiger partial charge in [-0.2, -0.15) is 0 Å². The molecule has 0 atom stereocenters. The van der Waals surface area contributed by atoms with Crippen LogP contribution < -0.4 is 15.4 Å². The van der Waals surface area contributed by atoms with Crippen LogP contribution in [0.1, 0.15) is 27.9 Å². The molecular weight excluding hydrogens is 474 g/mol. The van der Waals surface area contributed by atoms with E-state index >= 15 is 0 Å². The number of hydrogen-bond acceptors (Lipinski definition) is 4. The van der Waals surface area contributed by atoms with Crippen molar-refractivity contribution in [1.82, 2.24) is 4.90 Å². The first-order valence-corrected chi connectivity index (χ1v) is 12.8. The minimum Gasteiger partial charge on any atom is -0.491 e. The average molecular weight is 508 g/mol. The van der Waals surface area contributed by atoms with Crippen molar-refractivity contribution in [2.45, 2.75) is 19.4 Å². The number of carbonyl (C=O) groups excluding carboxylic acids is 2. The van der Waals surface area contributed by atoms with Gasteiger partial charge in [-0.15, -0.1) is 0 Å². The van der Waals surface area contributed by atoms with Crippen LogP contribution in [0.5, 0.6) is 5.75 Å². The molecule has 6 heteroatoms. The molecule has 0 saturated carbocycles. The number of ether oxygens (including phenoxy) is 1. The van der Waals surface area contributed by atoms with Crippen molar-refractivity contribution in [1.29, 1.82) is 0 Å². The third kappa shape index (κ3) is 7.96. The number of carbonyl (C=O) groups is 2. The zero-order valence-corrected chi connectivity index (χ0v) is 21.6. The molecule has 0 heterocycles. The molecular formula is C32H33N3O3. The highest BCUT2D eigenvalue weighted by Crippen LogP contribution is 2.24. The second-order valence-corrected chi connectivity index (χ2v) is 9.06. The maximum absolute atomic E-state index is 12.9. The van der Waals surface area contributed by atoms with Crippen LogP contribution in [0.2, 0.25) is 0 Å². The average Bonchev–Trinajstić information content (AvgIpc) is 2.96. The molecule has 0 aromatic heterocycles. The summed E-state index contributed by atoms with van der Waals surface area (Å²) in [7, 11) is 1.78. The van der Waals surface area contributed by atoms with E-state index in [9.17, 15) is 9.59 Å². The highest BCUT2D eigenvalue weighted by molar-refractivity contribution is 5.96. The molecule has 0 radical (unpaired) electrons.